The highest BCUT2D eigenvalue weighted by molar-refractivity contribution is 6.30. The van der Waals surface area contributed by atoms with Gasteiger partial charge in [0.25, 0.3) is 0 Å². The quantitative estimate of drug-likeness (QED) is 0.879. The molecule has 3 rings (SSSR count). The summed E-state index contributed by atoms with van der Waals surface area (Å²) in [4.78, 5) is 13.2. The Kier molecular flexibility index (Phi) is 4.22. The molecule has 2 aromatic rings. The zero-order chi connectivity index (χ0) is 14.7. The number of benzene rings is 1. The number of rotatable bonds is 3. The summed E-state index contributed by atoms with van der Waals surface area (Å²) in [5, 5.41) is 0.732. The number of nitrogens with two attached hydrogens (primary N) is 1. The van der Waals surface area contributed by atoms with E-state index in [1.54, 1.807) is 12.4 Å². The molecule has 2 heterocycles. The second-order valence-corrected chi connectivity index (χ2v) is 5.59. The van der Waals surface area contributed by atoms with Crippen LogP contribution in [0.25, 0.3) is 0 Å². The van der Waals surface area contributed by atoms with Crippen molar-refractivity contribution in [2.24, 2.45) is 0 Å². The molecule has 1 aliphatic heterocycles. The van der Waals surface area contributed by atoms with Crippen LogP contribution < -0.4 is 10.6 Å². The third kappa shape index (κ3) is 3.43. The molecule has 1 aromatic heterocycles. The Hall–Kier alpha value is -1.85. The summed E-state index contributed by atoms with van der Waals surface area (Å²) >= 11 is 6.04. The Balaban J connectivity index is 1.60. The Bertz CT molecular complexity index is 596. The van der Waals surface area contributed by atoms with Gasteiger partial charge in [-0.05, 0) is 29.8 Å². The van der Waals surface area contributed by atoms with Crippen LogP contribution in [0.15, 0.2) is 36.7 Å². The molecular weight excluding hydrogens is 286 g/mol. The number of hydrogen-bond donors (Lipinski definition) is 1. The maximum atomic E-state index is 6.04. The molecule has 1 aliphatic rings. The topological polar surface area (TPSA) is 58.3 Å². The Morgan fingerprint density at radius 2 is 1.81 bits per heavy atom. The summed E-state index contributed by atoms with van der Waals surface area (Å²) in [5.74, 6) is 0.805. The van der Waals surface area contributed by atoms with Gasteiger partial charge in [0.1, 0.15) is 0 Å². The minimum atomic E-state index is 0.732. The predicted octanol–water partition coefficient (Wildman–Crippen LogP) is 2.03. The zero-order valence-corrected chi connectivity index (χ0v) is 12.5. The highest BCUT2D eigenvalue weighted by atomic mass is 35.5. The average Bonchev–Trinajstić information content (AvgIpc) is 2.53. The molecule has 2 N–H and O–H groups in total. The van der Waals surface area contributed by atoms with Crippen LogP contribution in [-0.4, -0.2) is 41.0 Å². The van der Waals surface area contributed by atoms with Crippen LogP contribution in [0, 0.1) is 0 Å². The van der Waals surface area contributed by atoms with E-state index in [1.165, 1.54) is 0 Å². The van der Waals surface area contributed by atoms with Crippen LogP contribution in [0.1, 0.15) is 5.56 Å². The van der Waals surface area contributed by atoms with Gasteiger partial charge in [-0.1, -0.05) is 11.6 Å². The fraction of sp³-hybridized carbons (Fsp3) is 0.333. The molecule has 6 heteroatoms. The van der Waals surface area contributed by atoms with Gasteiger partial charge in [0.05, 0.1) is 0 Å². The van der Waals surface area contributed by atoms with Crippen LogP contribution >= 0.6 is 11.6 Å². The minimum Gasteiger partial charge on any atom is -0.398 e. The Morgan fingerprint density at radius 1 is 1.10 bits per heavy atom. The molecule has 0 aliphatic carbocycles. The highest BCUT2D eigenvalue weighted by Gasteiger charge is 2.19. The molecule has 1 fully saturated rings. The van der Waals surface area contributed by atoms with Gasteiger partial charge in [0.2, 0.25) is 5.95 Å². The number of aromatic nitrogens is 2. The lowest BCUT2D eigenvalue weighted by molar-refractivity contribution is 0.249. The van der Waals surface area contributed by atoms with Gasteiger partial charge in [-0.2, -0.15) is 0 Å². The Labute approximate surface area is 129 Å². The normalized spacial score (nSPS) is 16.1. The monoisotopic (exact) mass is 303 g/mol. The van der Waals surface area contributed by atoms with E-state index in [-0.39, 0.29) is 0 Å². The van der Waals surface area contributed by atoms with E-state index in [9.17, 15) is 0 Å². The highest BCUT2D eigenvalue weighted by Crippen LogP contribution is 2.20. The lowest BCUT2D eigenvalue weighted by Gasteiger charge is -2.34. The Morgan fingerprint density at radius 3 is 2.52 bits per heavy atom. The summed E-state index contributed by atoms with van der Waals surface area (Å²) in [6, 6.07) is 7.47. The zero-order valence-electron chi connectivity index (χ0n) is 11.7. The minimum absolute atomic E-state index is 0.732. The number of nitrogens with zero attached hydrogens (tertiary/aromatic N) is 4. The van der Waals surface area contributed by atoms with Crippen molar-refractivity contribution in [2.45, 2.75) is 6.54 Å². The van der Waals surface area contributed by atoms with Gasteiger partial charge in [0.15, 0.2) is 0 Å². The second-order valence-electron chi connectivity index (χ2n) is 5.16. The van der Waals surface area contributed by atoms with Crippen LogP contribution in [0.3, 0.4) is 0 Å². The van der Waals surface area contributed by atoms with Crippen molar-refractivity contribution in [1.29, 1.82) is 0 Å². The molecule has 0 amide bonds. The molecule has 0 radical (unpaired) electrons. The van der Waals surface area contributed by atoms with Gasteiger partial charge in [0, 0.05) is 55.8 Å². The fourth-order valence-electron chi connectivity index (χ4n) is 2.51. The molecule has 5 nitrogen and oxygen atoms in total. The van der Waals surface area contributed by atoms with Crippen molar-refractivity contribution in [1.82, 2.24) is 14.9 Å². The maximum Gasteiger partial charge on any atom is 0.225 e. The first kappa shape index (κ1) is 14.1. The van der Waals surface area contributed by atoms with Crippen molar-refractivity contribution < 1.29 is 0 Å². The average molecular weight is 304 g/mol. The molecular formula is C15H18ClN5. The van der Waals surface area contributed by atoms with Gasteiger partial charge in [-0.15, -0.1) is 0 Å². The molecule has 1 saturated heterocycles. The van der Waals surface area contributed by atoms with Crippen molar-refractivity contribution in [3.8, 4) is 0 Å². The van der Waals surface area contributed by atoms with Gasteiger partial charge in [-0.3, -0.25) is 4.90 Å². The molecule has 0 unspecified atom stereocenters. The van der Waals surface area contributed by atoms with Crippen LogP contribution in [-0.2, 0) is 6.54 Å². The summed E-state index contributed by atoms with van der Waals surface area (Å²) < 4.78 is 0. The van der Waals surface area contributed by atoms with E-state index in [2.05, 4.69) is 19.8 Å². The number of halogens is 1. The first-order chi connectivity index (χ1) is 10.2. The van der Waals surface area contributed by atoms with E-state index in [1.807, 2.05) is 24.3 Å². The van der Waals surface area contributed by atoms with Crippen LogP contribution in [0.4, 0.5) is 11.6 Å². The third-order valence-electron chi connectivity index (χ3n) is 3.71. The number of anilines is 2. The SMILES string of the molecule is Nc1ccc(Cl)cc1CN1CCN(c2ncccn2)CC1. The van der Waals surface area contributed by atoms with Gasteiger partial charge < -0.3 is 10.6 Å². The second kappa shape index (κ2) is 6.28. The van der Waals surface area contributed by atoms with E-state index in [0.29, 0.717) is 0 Å². The largest absolute Gasteiger partial charge is 0.398 e. The predicted molar refractivity (Wildman–Crippen MR) is 85.4 cm³/mol. The first-order valence-electron chi connectivity index (χ1n) is 7.00. The van der Waals surface area contributed by atoms with Crippen molar-refractivity contribution in [3.05, 3.63) is 47.2 Å². The van der Waals surface area contributed by atoms with Crippen molar-refractivity contribution >= 4 is 23.2 Å². The number of piperazine rings is 1. The molecule has 0 saturated carbocycles. The molecule has 21 heavy (non-hydrogen) atoms. The van der Waals surface area contributed by atoms with Crippen LogP contribution in [0.2, 0.25) is 5.02 Å². The fourth-order valence-corrected chi connectivity index (χ4v) is 2.71. The molecule has 0 atom stereocenters. The van der Waals surface area contributed by atoms with Crippen molar-refractivity contribution in [2.75, 3.05) is 36.8 Å². The lowest BCUT2D eigenvalue weighted by Crippen LogP contribution is -2.46. The summed E-state index contributed by atoms with van der Waals surface area (Å²) in [6.45, 7) is 4.60. The summed E-state index contributed by atoms with van der Waals surface area (Å²) in [7, 11) is 0. The third-order valence-corrected chi connectivity index (χ3v) is 3.94. The van der Waals surface area contributed by atoms with E-state index in [4.69, 9.17) is 17.3 Å². The number of hydrogen-bond acceptors (Lipinski definition) is 5. The van der Waals surface area contributed by atoms with E-state index >= 15 is 0 Å². The van der Waals surface area contributed by atoms with Gasteiger partial charge in [-0.25, -0.2) is 9.97 Å². The molecule has 1 aromatic carbocycles. The van der Waals surface area contributed by atoms with E-state index in [0.717, 1.165) is 54.9 Å². The number of nitrogen functional groups attached to an aromatic ring is 1. The summed E-state index contributed by atoms with van der Waals surface area (Å²) in [6.07, 6.45) is 3.56. The molecule has 110 valence electrons. The maximum absolute atomic E-state index is 6.04. The van der Waals surface area contributed by atoms with Crippen LogP contribution in [0.5, 0.6) is 0 Å². The standard InChI is InChI=1S/C15H18ClN5/c16-13-2-3-14(17)12(10-13)11-20-6-8-21(9-7-20)15-18-4-1-5-19-15/h1-5,10H,6-9,11,17H2. The van der Waals surface area contributed by atoms with E-state index < -0.39 is 0 Å². The molecule has 0 spiro atoms. The lowest BCUT2D eigenvalue weighted by atomic mass is 10.1. The smallest absolute Gasteiger partial charge is 0.225 e. The summed E-state index contributed by atoms with van der Waals surface area (Å²) in [5.41, 5.74) is 7.90. The van der Waals surface area contributed by atoms with Gasteiger partial charge >= 0.3 is 0 Å². The van der Waals surface area contributed by atoms with Crippen molar-refractivity contribution in [3.63, 3.8) is 0 Å². The first-order valence-corrected chi connectivity index (χ1v) is 7.38. The molecule has 0 bridgehead atoms.